The van der Waals surface area contributed by atoms with Crippen LogP contribution in [0.15, 0.2) is 51.9 Å². The lowest BCUT2D eigenvalue weighted by atomic mass is 9.87. The third-order valence-corrected chi connectivity index (χ3v) is 8.24. The normalized spacial score (nSPS) is 14.3. The van der Waals surface area contributed by atoms with Gasteiger partial charge in [-0.2, -0.15) is 26.3 Å². The first kappa shape index (κ1) is 32.6. The van der Waals surface area contributed by atoms with Crippen LogP contribution in [0.25, 0.3) is 33.4 Å². The van der Waals surface area contributed by atoms with Crippen molar-refractivity contribution in [2.45, 2.75) is 38.0 Å². The third kappa shape index (κ3) is 7.20. The summed E-state index contributed by atoms with van der Waals surface area (Å²) in [6, 6.07) is 9.40. The number of hydrogen-bond donors (Lipinski definition) is 2. The zero-order valence-electron chi connectivity index (χ0n) is 23.4. The molecule has 3 aliphatic rings. The van der Waals surface area contributed by atoms with Crippen LogP contribution in [-0.4, -0.2) is 58.6 Å². The molecule has 2 aromatic rings. The van der Waals surface area contributed by atoms with Crippen LogP contribution >= 0.6 is 22.6 Å². The first-order chi connectivity index (χ1) is 21.1. The van der Waals surface area contributed by atoms with Crippen LogP contribution in [0, 0.1) is 0 Å². The Hall–Kier alpha value is -3.82. The molecule has 45 heavy (non-hydrogen) atoms. The standard InChI is InChI=1S/C31H25F6IN2O5/c32-30(33,34)14-39-23-12-25-21(9-16(23)3-1-7-38)27(20-11-18(28(41)42)5-6-19(20)29(43)44)22-10-17-4-2-8-40(15-31(35,36)37)24(17)13-26(22)45-25/h5-6,9-13H,1-4,7-8,14-15H2,(H,41,42)(H,43,44). The van der Waals surface area contributed by atoms with E-state index in [1.54, 1.807) is 12.1 Å². The van der Waals surface area contributed by atoms with Crippen molar-refractivity contribution >= 4 is 51.2 Å². The van der Waals surface area contributed by atoms with Crippen molar-refractivity contribution in [2.24, 2.45) is 4.99 Å². The van der Waals surface area contributed by atoms with E-state index < -0.39 is 37.4 Å². The van der Waals surface area contributed by atoms with Crippen molar-refractivity contribution in [2.75, 3.05) is 29.0 Å². The van der Waals surface area contributed by atoms with Crippen molar-refractivity contribution in [1.82, 2.24) is 0 Å². The van der Waals surface area contributed by atoms with E-state index in [0.717, 1.165) is 12.1 Å². The Bertz CT molecular complexity index is 1830. The van der Waals surface area contributed by atoms with Gasteiger partial charge in [-0.1, -0.05) is 22.6 Å². The maximum atomic E-state index is 13.4. The molecule has 0 amide bonds. The fourth-order valence-corrected chi connectivity index (χ4v) is 6.03. The average molecular weight is 746 g/mol. The van der Waals surface area contributed by atoms with E-state index in [1.807, 2.05) is 0 Å². The number of aryl methyl sites for hydroxylation is 2. The largest absolute Gasteiger partial charge is 0.478 e. The number of aromatic carboxylic acids is 2. The fraction of sp³-hybridized carbons (Fsp3) is 0.323. The van der Waals surface area contributed by atoms with Crippen LogP contribution in [0.1, 0.15) is 44.7 Å². The molecule has 0 bridgehead atoms. The number of benzene rings is 3. The van der Waals surface area contributed by atoms with Crippen LogP contribution in [0.5, 0.6) is 0 Å². The molecule has 2 heterocycles. The van der Waals surface area contributed by atoms with E-state index >= 15 is 0 Å². The summed E-state index contributed by atoms with van der Waals surface area (Å²) in [5.74, 6) is -2.68. The SMILES string of the molecule is O=C(O)c1ccc(C(=O)O)c(-c2c3cc(CCCI)c(=NCC(F)(F)F)cc-3oc3cc4c(cc23)CCCN4CC(F)(F)F)c1. The van der Waals surface area contributed by atoms with Gasteiger partial charge in [0.05, 0.1) is 16.5 Å². The van der Waals surface area contributed by atoms with Gasteiger partial charge in [0.2, 0.25) is 0 Å². The number of carbonyl (C=O) groups is 2. The summed E-state index contributed by atoms with van der Waals surface area (Å²) in [5, 5.41) is 20.1. The van der Waals surface area contributed by atoms with Crippen molar-refractivity contribution in [3.05, 3.63) is 70.1 Å². The van der Waals surface area contributed by atoms with Gasteiger partial charge in [-0.15, -0.1) is 0 Å². The number of carboxylic acids is 2. The molecule has 1 aliphatic carbocycles. The molecule has 238 valence electrons. The van der Waals surface area contributed by atoms with Gasteiger partial charge in [-0.25, -0.2) is 9.59 Å². The van der Waals surface area contributed by atoms with Crippen molar-refractivity contribution in [3.8, 4) is 22.5 Å². The molecule has 2 N–H and O–H groups in total. The lowest BCUT2D eigenvalue weighted by Gasteiger charge is -2.32. The highest BCUT2D eigenvalue weighted by Gasteiger charge is 2.34. The van der Waals surface area contributed by atoms with Crippen molar-refractivity contribution in [1.29, 1.82) is 0 Å². The van der Waals surface area contributed by atoms with Crippen LogP contribution in [0.2, 0.25) is 0 Å². The maximum absolute atomic E-state index is 13.4. The molecule has 2 aromatic carbocycles. The second kappa shape index (κ2) is 12.5. The lowest BCUT2D eigenvalue weighted by molar-refractivity contribution is -0.120. The van der Waals surface area contributed by atoms with Crippen LogP contribution in [-0.2, 0) is 12.8 Å². The Balaban J connectivity index is 1.91. The predicted molar refractivity (Wildman–Crippen MR) is 162 cm³/mol. The monoisotopic (exact) mass is 746 g/mol. The molecule has 0 saturated carbocycles. The third-order valence-electron chi connectivity index (χ3n) is 7.48. The van der Waals surface area contributed by atoms with Gasteiger partial charge in [-0.3, -0.25) is 4.99 Å². The van der Waals surface area contributed by atoms with E-state index in [-0.39, 0.29) is 51.2 Å². The van der Waals surface area contributed by atoms with E-state index in [0.29, 0.717) is 52.2 Å². The van der Waals surface area contributed by atoms with Gasteiger partial charge in [0, 0.05) is 40.9 Å². The number of alkyl halides is 7. The van der Waals surface area contributed by atoms with Crippen LogP contribution < -0.4 is 10.3 Å². The van der Waals surface area contributed by atoms with Gasteiger partial charge in [-0.05, 0) is 77.1 Å². The van der Waals surface area contributed by atoms with Crippen LogP contribution in [0.4, 0.5) is 32.0 Å². The summed E-state index contributed by atoms with van der Waals surface area (Å²) < 4.78 is 86.6. The number of halogens is 7. The Morgan fingerprint density at radius 3 is 2.36 bits per heavy atom. The molecular weight excluding hydrogens is 721 g/mol. The van der Waals surface area contributed by atoms with E-state index in [9.17, 15) is 46.1 Å². The minimum atomic E-state index is -4.59. The van der Waals surface area contributed by atoms with E-state index in [2.05, 4.69) is 27.6 Å². The number of nitrogens with zero attached hydrogens (tertiary/aromatic N) is 2. The maximum Gasteiger partial charge on any atom is 0.407 e. The minimum absolute atomic E-state index is 0.00634. The quantitative estimate of drug-likeness (QED) is 0.0828. The molecule has 2 aliphatic heterocycles. The second-order valence-electron chi connectivity index (χ2n) is 10.7. The summed E-state index contributed by atoms with van der Waals surface area (Å²) in [6.07, 6.45) is -7.30. The Morgan fingerprint density at radius 1 is 0.956 bits per heavy atom. The summed E-state index contributed by atoms with van der Waals surface area (Å²) >= 11 is 2.13. The first-order valence-electron chi connectivity index (χ1n) is 13.8. The highest BCUT2D eigenvalue weighted by molar-refractivity contribution is 14.1. The number of carboxylic acid groups (broad SMARTS) is 2. The summed E-state index contributed by atoms with van der Waals surface area (Å²) in [4.78, 5) is 29.3. The molecule has 0 saturated heterocycles. The fourth-order valence-electron chi connectivity index (χ4n) is 5.65. The molecular formula is C31H25F6IN2O5. The van der Waals surface area contributed by atoms with Gasteiger partial charge >= 0.3 is 24.3 Å². The molecule has 0 aromatic heterocycles. The highest BCUT2D eigenvalue weighted by atomic mass is 127. The number of fused-ring (bicyclic) bond motifs is 3. The molecule has 0 atom stereocenters. The number of anilines is 1. The summed E-state index contributed by atoms with van der Waals surface area (Å²) in [5.41, 5.74) is 1.39. The number of rotatable bonds is 8. The van der Waals surface area contributed by atoms with Gasteiger partial charge in [0.1, 0.15) is 24.4 Å². The Morgan fingerprint density at radius 2 is 1.71 bits per heavy atom. The Labute approximate surface area is 265 Å². The van der Waals surface area contributed by atoms with Crippen molar-refractivity contribution in [3.63, 3.8) is 0 Å². The zero-order chi connectivity index (χ0) is 32.7. The smallest absolute Gasteiger partial charge is 0.407 e. The van der Waals surface area contributed by atoms with E-state index in [1.165, 1.54) is 23.1 Å². The molecule has 14 heteroatoms. The molecule has 0 spiro atoms. The summed E-state index contributed by atoms with van der Waals surface area (Å²) in [7, 11) is 0. The highest BCUT2D eigenvalue weighted by Crippen LogP contribution is 2.45. The summed E-state index contributed by atoms with van der Waals surface area (Å²) in [6.45, 7) is -2.54. The molecule has 0 radical (unpaired) electrons. The molecule has 5 rings (SSSR count). The van der Waals surface area contributed by atoms with Crippen molar-refractivity contribution < 1.29 is 50.6 Å². The van der Waals surface area contributed by atoms with Gasteiger partial charge in [0.15, 0.2) is 0 Å². The Kier molecular flexibility index (Phi) is 9.06. The predicted octanol–water partition coefficient (Wildman–Crippen LogP) is 7.75. The number of hydrogen-bond acceptors (Lipinski definition) is 5. The van der Waals surface area contributed by atoms with Crippen LogP contribution in [0.3, 0.4) is 0 Å². The zero-order valence-corrected chi connectivity index (χ0v) is 25.5. The van der Waals surface area contributed by atoms with Gasteiger partial charge < -0.3 is 19.5 Å². The first-order valence-corrected chi connectivity index (χ1v) is 15.3. The second-order valence-corrected chi connectivity index (χ2v) is 11.7. The van der Waals surface area contributed by atoms with E-state index in [4.69, 9.17) is 4.42 Å². The molecule has 7 nitrogen and oxygen atoms in total. The molecule has 0 unspecified atom stereocenters. The molecule has 0 fully saturated rings. The average Bonchev–Trinajstić information content (AvgIpc) is 2.95. The van der Waals surface area contributed by atoms with Gasteiger partial charge in [0.25, 0.3) is 0 Å². The lowest BCUT2D eigenvalue weighted by Crippen LogP contribution is -2.37. The topological polar surface area (TPSA) is 103 Å². The minimum Gasteiger partial charge on any atom is -0.478 e.